The molecule has 0 amide bonds. The van der Waals surface area contributed by atoms with Gasteiger partial charge in [0, 0.05) is 15.8 Å². The Labute approximate surface area is 108 Å². The highest BCUT2D eigenvalue weighted by molar-refractivity contribution is 14.1. The van der Waals surface area contributed by atoms with Crippen molar-refractivity contribution in [3.8, 4) is 0 Å². The van der Waals surface area contributed by atoms with Crippen LogP contribution in [0.5, 0.6) is 0 Å². The molecule has 0 aliphatic rings. The summed E-state index contributed by atoms with van der Waals surface area (Å²) in [6, 6.07) is 4.84. The SMILES string of the molecule is CSCCCCNc1ccc(F)cc1I. The third-order valence-corrected chi connectivity index (χ3v) is 3.61. The first-order valence-electron chi connectivity index (χ1n) is 4.92. The minimum atomic E-state index is -0.174. The summed E-state index contributed by atoms with van der Waals surface area (Å²) >= 11 is 4.02. The molecular weight excluding hydrogens is 324 g/mol. The molecule has 0 aromatic heterocycles. The molecule has 15 heavy (non-hydrogen) atoms. The second kappa shape index (κ2) is 7.33. The molecule has 0 radical (unpaired) electrons. The molecule has 4 heteroatoms. The van der Waals surface area contributed by atoms with E-state index < -0.39 is 0 Å². The normalized spacial score (nSPS) is 10.3. The Hall–Kier alpha value is 0.0300. The van der Waals surface area contributed by atoms with E-state index in [9.17, 15) is 4.39 Å². The van der Waals surface area contributed by atoms with Crippen molar-refractivity contribution >= 4 is 40.0 Å². The van der Waals surface area contributed by atoms with Crippen LogP contribution in [0.4, 0.5) is 10.1 Å². The van der Waals surface area contributed by atoms with E-state index >= 15 is 0 Å². The minimum Gasteiger partial charge on any atom is -0.384 e. The van der Waals surface area contributed by atoms with Crippen molar-refractivity contribution in [1.29, 1.82) is 0 Å². The maximum Gasteiger partial charge on any atom is 0.124 e. The number of unbranched alkanes of at least 4 members (excludes halogenated alkanes) is 1. The van der Waals surface area contributed by atoms with Crippen molar-refractivity contribution in [2.24, 2.45) is 0 Å². The molecule has 0 atom stereocenters. The highest BCUT2D eigenvalue weighted by Gasteiger charge is 1.99. The summed E-state index contributed by atoms with van der Waals surface area (Å²) < 4.78 is 13.7. The zero-order valence-electron chi connectivity index (χ0n) is 8.72. The molecule has 0 fully saturated rings. The van der Waals surface area contributed by atoms with E-state index in [2.05, 4.69) is 34.2 Å². The van der Waals surface area contributed by atoms with E-state index in [1.807, 2.05) is 11.8 Å². The van der Waals surface area contributed by atoms with Crippen molar-refractivity contribution < 1.29 is 4.39 Å². The maximum absolute atomic E-state index is 12.8. The van der Waals surface area contributed by atoms with Crippen molar-refractivity contribution in [2.45, 2.75) is 12.8 Å². The number of nitrogens with one attached hydrogen (secondary N) is 1. The van der Waals surface area contributed by atoms with Gasteiger partial charge in [-0.3, -0.25) is 0 Å². The third kappa shape index (κ3) is 5.06. The lowest BCUT2D eigenvalue weighted by atomic mass is 10.3. The second-order valence-electron chi connectivity index (χ2n) is 3.25. The van der Waals surface area contributed by atoms with Crippen LogP contribution in [0.15, 0.2) is 18.2 Å². The predicted molar refractivity (Wildman–Crippen MR) is 75.2 cm³/mol. The summed E-state index contributed by atoms with van der Waals surface area (Å²) in [7, 11) is 0. The molecule has 1 N–H and O–H groups in total. The van der Waals surface area contributed by atoms with Crippen LogP contribution in [-0.4, -0.2) is 18.6 Å². The molecule has 0 aliphatic heterocycles. The molecule has 0 aliphatic carbocycles. The first-order valence-corrected chi connectivity index (χ1v) is 7.39. The highest BCUT2D eigenvalue weighted by atomic mass is 127. The van der Waals surface area contributed by atoms with Gasteiger partial charge in [0.15, 0.2) is 0 Å². The van der Waals surface area contributed by atoms with Crippen molar-refractivity contribution in [3.05, 3.63) is 27.6 Å². The second-order valence-corrected chi connectivity index (χ2v) is 5.40. The summed E-state index contributed by atoms with van der Waals surface area (Å²) in [6.45, 7) is 0.961. The molecular formula is C11H15FINS. The molecule has 0 unspecified atom stereocenters. The number of halogens is 2. The Kier molecular flexibility index (Phi) is 6.40. The van der Waals surface area contributed by atoms with Gasteiger partial charge in [-0.2, -0.15) is 11.8 Å². The summed E-state index contributed by atoms with van der Waals surface area (Å²) in [5.41, 5.74) is 1.03. The number of hydrogen-bond donors (Lipinski definition) is 1. The van der Waals surface area contributed by atoms with Gasteiger partial charge in [-0.1, -0.05) is 0 Å². The van der Waals surface area contributed by atoms with Crippen LogP contribution in [0.2, 0.25) is 0 Å². The van der Waals surface area contributed by atoms with Gasteiger partial charge in [-0.15, -0.1) is 0 Å². The van der Waals surface area contributed by atoms with Gasteiger partial charge < -0.3 is 5.32 Å². The van der Waals surface area contributed by atoms with Crippen molar-refractivity contribution in [2.75, 3.05) is 23.9 Å². The third-order valence-electron chi connectivity index (χ3n) is 2.02. The van der Waals surface area contributed by atoms with E-state index in [0.717, 1.165) is 22.2 Å². The van der Waals surface area contributed by atoms with E-state index in [1.54, 1.807) is 12.1 Å². The van der Waals surface area contributed by atoms with E-state index in [-0.39, 0.29) is 5.82 Å². The fraction of sp³-hybridized carbons (Fsp3) is 0.455. The molecule has 84 valence electrons. The molecule has 1 nitrogen and oxygen atoms in total. The standard InChI is InChI=1S/C11H15FINS/c1-15-7-3-2-6-14-11-5-4-9(12)8-10(11)13/h4-5,8,14H,2-3,6-7H2,1H3. The average molecular weight is 339 g/mol. The Balaban J connectivity index is 2.31. The quantitative estimate of drug-likeness (QED) is 0.621. The first kappa shape index (κ1) is 13.1. The molecule has 1 aromatic rings. The van der Waals surface area contributed by atoms with Crippen molar-refractivity contribution in [3.63, 3.8) is 0 Å². The Morgan fingerprint density at radius 2 is 2.20 bits per heavy atom. The van der Waals surface area contributed by atoms with Crippen LogP contribution in [0.25, 0.3) is 0 Å². The minimum absolute atomic E-state index is 0.174. The Bertz CT molecular complexity index is 307. The number of hydrogen-bond acceptors (Lipinski definition) is 2. The van der Waals surface area contributed by atoms with Gasteiger partial charge in [0.05, 0.1) is 0 Å². The lowest BCUT2D eigenvalue weighted by Crippen LogP contribution is -2.03. The van der Waals surface area contributed by atoms with Crippen LogP contribution < -0.4 is 5.32 Å². The summed E-state index contributed by atoms with van der Waals surface area (Å²) in [5, 5.41) is 3.32. The smallest absolute Gasteiger partial charge is 0.124 e. The number of anilines is 1. The largest absolute Gasteiger partial charge is 0.384 e. The van der Waals surface area contributed by atoms with Crippen LogP contribution in [0, 0.1) is 9.39 Å². The van der Waals surface area contributed by atoms with Gasteiger partial charge in [0.1, 0.15) is 5.82 Å². The summed E-state index contributed by atoms with van der Waals surface area (Å²) in [4.78, 5) is 0. The van der Waals surface area contributed by atoms with Gasteiger partial charge in [0.25, 0.3) is 0 Å². The van der Waals surface area contributed by atoms with Crippen LogP contribution in [-0.2, 0) is 0 Å². The number of benzene rings is 1. The van der Waals surface area contributed by atoms with Crippen LogP contribution in [0.1, 0.15) is 12.8 Å². The predicted octanol–water partition coefficient (Wildman–Crippen LogP) is 3.99. The monoisotopic (exact) mass is 339 g/mol. The Morgan fingerprint density at radius 3 is 2.87 bits per heavy atom. The fourth-order valence-electron chi connectivity index (χ4n) is 1.23. The lowest BCUT2D eigenvalue weighted by Gasteiger charge is -2.08. The zero-order valence-corrected chi connectivity index (χ0v) is 11.7. The summed E-state index contributed by atoms with van der Waals surface area (Å²) in [6.07, 6.45) is 4.51. The summed E-state index contributed by atoms with van der Waals surface area (Å²) in [5.74, 6) is 1.04. The maximum atomic E-state index is 12.8. The number of rotatable bonds is 6. The molecule has 0 spiro atoms. The van der Waals surface area contributed by atoms with Gasteiger partial charge in [0.2, 0.25) is 0 Å². The topological polar surface area (TPSA) is 12.0 Å². The van der Waals surface area contributed by atoms with Crippen LogP contribution in [0.3, 0.4) is 0 Å². The molecule has 1 rings (SSSR count). The molecule has 0 heterocycles. The van der Waals surface area contributed by atoms with Gasteiger partial charge >= 0.3 is 0 Å². The highest BCUT2D eigenvalue weighted by Crippen LogP contribution is 2.18. The van der Waals surface area contributed by atoms with E-state index in [4.69, 9.17) is 0 Å². The molecule has 0 bridgehead atoms. The fourth-order valence-corrected chi connectivity index (χ4v) is 2.39. The van der Waals surface area contributed by atoms with Crippen LogP contribution >= 0.6 is 34.4 Å². The average Bonchev–Trinajstić information content (AvgIpc) is 2.20. The molecule has 1 aromatic carbocycles. The Morgan fingerprint density at radius 1 is 1.40 bits per heavy atom. The zero-order chi connectivity index (χ0) is 11.1. The molecule has 0 saturated carbocycles. The van der Waals surface area contributed by atoms with Gasteiger partial charge in [-0.05, 0) is 65.6 Å². The van der Waals surface area contributed by atoms with Crippen molar-refractivity contribution in [1.82, 2.24) is 0 Å². The first-order chi connectivity index (χ1) is 7.24. The van der Waals surface area contributed by atoms with Gasteiger partial charge in [-0.25, -0.2) is 4.39 Å². The lowest BCUT2D eigenvalue weighted by molar-refractivity contribution is 0.627. The van der Waals surface area contributed by atoms with E-state index in [0.29, 0.717) is 0 Å². The van der Waals surface area contributed by atoms with E-state index in [1.165, 1.54) is 18.2 Å². The molecule has 0 saturated heterocycles. The number of thioether (sulfide) groups is 1.